The van der Waals surface area contributed by atoms with Crippen LogP contribution in [0.25, 0.3) is 0 Å². The number of amides is 2. The Balaban J connectivity index is 1.93. The summed E-state index contributed by atoms with van der Waals surface area (Å²) in [6.45, 7) is 5.51. The van der Waals surface area contributed by atoms with Crippen molar-refractivity contribution in [3.63, 3.8) is 0 Å². The molecule has 0 saturated carbocycles. The number of likely N-dealkylation sites (tertiary alicyclic amines) is 1. The van der Waals surface area contributed by atoms with E-state index < -0.39 is 6.04 Å². The number of ether oxygens (including phenoxy) is 2. The zero-order chi connectivity index (χ0) is 18.9. The summed E-state index contributed by atoms with van der Waals surface area (Å²) in [5.41, 5.74) is 0. The van der Waals surface area contributed by atoms with Gasteiger partial charge in [-0.15, -0.1) is 0 Å². The van der Waals surface area contributed by atoms with Gasteiger partial charge in [0.2, 0.25) is 5.91 Å². The summed E-state index contributed by atoms with van der Waals surface area (Å²) in [5.74, 6) is 1.11. The van der Waals surface area contributed by atoms with E-state index in [1.807, 2.05) is 30.9 Å². The molecule has 1 N–H and O–H groups in total. The van der Waals surface area contributed by atoms with Crippen molar-refractivity contribution in [2.24, 2.45) is 5.92 Å². The third kappa shape index (κ3) is 5.93. The first kappa shape index (κ1) is 20.1. The Kier molecular flexibility index (Phi) is 7.75. The first-order valence-corrected chi connectivity index (χ1v) is 9.35. The van der Waals surface area contributed by atoms with Gasteiger partial charge in [-0.1, -0.05) is 26.0 Å². The Bertz CT molecular complexity index is 597. The van der Waals surface area contributed by atoms with Gasteiger partial charge in [0.25, 0.3) is 5.91 Å². The number of benzene rings is 1. The molecule has 1 heterocycles. The Morgan fingerprint density at radius 3 is 2.38 bits per heavy atom. The highest BCUT2D eigenvalue weighted by atomic mass is 16.5. The molecule has 6 heteroatoms. The number of hydrogen-bond donors (Lipinski definition) is 1. The van der Waals surface area contributed by atoms with Crippen LogP contribution in [0.2, 0.25) is 0 Å². The van der Waals surface area contributed by atoms with E-state index in [4.69, 9.17) is 9.47 Å². The van der Waals surface area contributed by atoms with E-state index in [1.165, 1.54) is 0 Å². The molecular weight excluding hydrogens is 332 g/mol. The van der Waals surface area contributed by atoms with Crippen LogP contribution in [0.15, 0.2) is 24.3 Å². The monoisotopic (exact) mass is 362 g/mol. The van der Waals surface area contributed by atoms with Crippen LogP contribution in [-0.4, -0.2) is 49.6 Å². The number of rotatable bonds is 8. The summed E-state index contributed by atoms with van der Waals surface area (Å²) in [6.07, 6.45) is 3.85. The first-order chi connectivity index (χ1) is 12.5. The molecule has 26 heavy (non-hydrogen) atoms. The number of piperidine rings is 1. The SMILES string of the molecule is COc1ccccc1OCC(=O)N[C@H](CC(C)C)C(=O)N1CCCCC1. The van der Waals surface area contributed by atoms with Gasteiger partial charge in [0.1, 0.15) is 6.04 Å². The highest BCUT2D eigenvalue weighted by Gasteiger charge is 2.27. The lowest BCUT2D eigenvalue weighted by Crippen LogP contribution is -2.51. The van der Waals surface area contributed by atoms with Crippen molar-refractivity contribution in [1.29, 1.82) is 0 Å². The van der Waals surface area contributed by atoms with E-state index in [-0.39, 0.29) is 18.4 Å². The Morgan fingerprint density at radius 2 is 1.77 bits per heavy atom. The van der Waals surface area contributed by atoms with Gasteiger partial charge < -0.3 is 19.7 Å². The van der Waals surface area contributed by atoms with Crippen molar-refractivity contribution in [3.05, 3.63) is 24.3 Å². The Hall–Kier alpha value is -2.24. The number of nitrogens with one attached hydrogen (secondary N) is 1. The lowest BCUT2D eigenvalue weighted by atomic mass is 10.0. The molecule has 1 atom stereocenters. The fourth-order valence-electron chi connectivity index (χ4n) is 3.14. The van der Waals surface area contributed by atoms with Crippen molar-refractivity contribution in [3.8, 4) is 11.5 Å². The standard InChI is InChI=1S/C20H30N2O4/c1-15(2)13-16(20(24)22-11-7-4-8-12-22)21-19(23)14-26-18-10-6-5-9-17(18)25-3/h5-6,9-10,15-16H,4,7-8,11-14H2,1-3H3,(H,21,23)/t16-/m1/s1. The van der Waals surface area contributed by atoms with Gasteiger partial charge in [0, 0.05) is 13.1 Å². The maximum Gasteiger partial charge on any atom is 0.258 e. The van der Waals surface area contributed by atoms with E-state index >= 15 is 0 Å². The van der Waals surface area contributed by atoms with Crippen molar-refractivity contribution in [2.45, 2.75) is 45.6 Å². The summed E-state index contributed by atoms with van der Waals surface area (Å²) < 4.78 is 10.8. The minimum absolute atomic E-state index is 0.0176. The molecule has 0 radical (unpaired) electrons. The summed E-state index contributed by atoms with van der Waals surface area (Å²) in [6, 6.07) is 6.67. The van der Waals surface area contributed by atoms with Crippen molar-refractivity contribution >= 4 is 11.8 Å². The molecule has 1 aliphatic heterocycles. The lowest BCUT2D eigenvalue weighted by Gasteiger charge is -2.31. The molecule has 1 saturated heterocycles. The van der Waals surface area contributed by atoms with Gasteiger partial charge in [-0.25, -0.2) is 0 Å². The zero-order valence-electron chi connectivity index (χ0n) is 16.0. The second-order valence-electron chi connectivity index (χ2n) is 7.08. The summed E-state index contributed by atoms with van der Waals surface area (Å²) >= 11 is 0. The number of nitrogens with zero attached hydrogens (tertiary/aromatic N) is 1. The molecule has 0 unspecified atom stereocenters. The Morgan fingerprint density at radius 1 is 1.12 bits per heavy atom. The molecule has 6 nitrogen and oxygen atoms in total. The van der Waals surface area contributed by atoms with Gasteiger partial charge in [0.05, 0.1) is 7.11 Å². The van der Waals surface area contributed by atoms with E-state index in [1.54, 1.807) is 19.2 Å². The number of carbonyl (C=O) groups excluding carboxylic acids is 2. The van der Waals surface area contributed by atoms with E-state index in [9.17, 15) is 9.59 Å². The first-order valence-electron chi connectivity index (χ1n) is 9.35. The molecule has 1 aromatic rings. The van der Waals surface area contributed by atoms with Crippen molar-refractivity contribution in [1.82, 2.24) is 10.2 Å². The fourth-order valence-corrected chi connectivity index (χ4v) is 3.14. The largest absolute Gasteiger partial charge is 0.493 e. The number of para-hydroxylation sites is 2. The van der Waals surface area contributed by atoms with Crippen LogP contribution in [0.5, 0.6) is 11.5 Å². The number of methoxy groups -OCH3 is 1. The van der Waals surface area contributed by atoms with Crippen LogP contribution >= 0.6 is 0 Å². The van der Waals surface area contributed by atoms with Crippen molar-refractivity contribution < 1.29 is 19.1 Å². The van der Waals surface area contributed by atoms with Gasteiger partial charge in [-0.2, -0.15) is 0 Å². The molecular formula is C20H30N2O4. The third-order valence-electron chi connectivity index (χ3n) is 4.44. The lowest BCUT2D eigenvalue weighted by molar-refractivity contribution is -0.138. The molecule has 1 fully saturated rings. The second kappa shape index (κ2) is 10.0. The molecule has 0 aromatic heterocycles. The number of hydrogen-bond acceptors (Lipinski definition) is 4. The fraction of sp³-hybridized carbons (Fsp3) is 0.600. The van der Waals surface area contributed by atoms with E-state index in [0.717, 1.165) is 32.4 Å². The zero-order valence-corrected chi connectivity index (χ0v) is 16.0. The van der Waals surface area contributed by atoms with Crippen LogP contribution in [0.1, 0.15) is 39.5 Å². The quantitative estimate of drug-likeness (QED) is 0.772. The van der Waals surface area contributed by atoms with Crippen LogP contribution in [0, 0.1) is 5.92 Å². The predicted octanol–water partition coefficient (Wildman–Crippen LogP) is 2.62. The Labute approximate surface area is 155 Å². The van der Waals surface area contributed by atoms with Crippen LogP contribution in [0.3, 0.4) is 0 Å². The minimum atomic E-state index is -0.498. The summed E-state index contributed by atoms with van der Waals surface area (Å²) in [7, 11) is 1.55. The van der Waals surface area contributed by atoms with Gasteiger partial charge in [0.15, 0.2) is 18.1 Å². The predicted molar refractivity (Wildman–Crippen MR) is 100 cm³/mol. The highest BCUT2D eigenvalue weighted by Crippen LogP contribution is 2.25. The van der Waals surface area contributed by atoms with Crippen LogP contribution < -0.4 is 14.8 Å². The molecule has 0 bridgehead atoms. The molecule has 144 valence electrons. The molecule has 2 rings (SSSR count). The average Bonchev–Trinajstić information content (AvgIpc) is 2.65. The van der Waals surface area contributed by atoms with Gasteiger partial charge in [-0.05, 0) is 43.7 Å². The van der Waals surface area contributed by atoms with Gasteiger partial charge in [-0.3, -0.25) is 9.59 Å². The third-order valence-corrected chi connectivity index (χ3v) is 4.44. The highest BCUT2D eigenvalue weighted by molar-refractivity contribution is 5.88. The van der Waals surface area contributed by atoms with Crippen molar-refractivity contribution in [2.75, 3.05) is 26.8 Å². The molecule has 1 aliphatic rings. The van der Waals surface area contributed by atoms with Gasteiger partial charge >= 0.3 is 0 Å². The molecule has 1 aromatic carbocycles. The van der Waals surface area contributed by atoms with Crippen LogP contribution in [0.4, 0.5) is 0 Å². The topological polar surface area (TPSA) is 67.9 Å². The normalized spacial score (nSPS) is 15.5. The number of carbonyl (C=O) groups is 2. The molecule has 2 amide bonds. The summed E-state index contributed by atoms with van der Waals surface area (Å²) in [5, 5.41) is 2.86. The van der Waals surface area contributed by atoms with Crippen LogP contribution in [-0.2, 0) is 9.59 Å². The molecule has 0 spiro atoms. The van der Waals surface area contributed by atoms with E-state index in [0.29, 0.717) is 23.8 Å². The second-order valence-corrected chi connectivity index (χ2v) is 7.08. The maximum atomic E-state index is 12.8. The smallest absolute Gasteiger partial charge is 0.258 e. The summed E-state index contributed by atoms with van der Waals surface area (Å²) in [4.78, 5) is 27.0. The average molecular weight is 362 g/mol. The minimum Gasteiger partial charge on any atom is -0.493 e. The van der Waals surface area contributed by atoms with E-state index in [2.05, 4.69) is 5.32 Å². The molecule has 0 aliphatic carbocycles. The maximum absolute atomic E-state index is 12.8.